The van der Waals surface area contributed by atoms with Gasteiger partial charge in [0.25, 0.3) is 0 Å². The molecule has 7 heteroatoms. The third kappa shape index (κ3) is 4.84. The van der Waals surface area contributed by atoms with Crippen molar-refractivity contribution in [3.63, 3.8) is 0 Å². The molecule has 0 aliphatic carbocycles. The first kappa shape index (κ1) is 17.1. The molecule has 2 aromatic heterocycles. The second-order valence-corrected chi connectivity index (χ2v) is 6.21. The van der Waals surface area contributed by atoms with Crippen molar-refractivity contribution in [3.8, 4) is 0 Å². The molecule has 2 rings (SSSR count). The van der Waals surface area contributed by atoms with Crippen molar-refractivity contribution in [2.24, 2.45) is 5.92 Å². The van der Waals surface area contributed by atoms with E-state index in [1.54, 1.807) is 18.5 Å². The highest BCUT2D eigenvalue weighted by atomic mass is 16.2. The number of aryl methyl sites for hydroxylation is 1. The summed E-state index contributed by atoms with van der Waals surface area (Å²) in [5, 5.41) is 14.1. The van der Waals surface area contributed by atoms with E-state index in [9.17, 15) is 4.79 Å². The largest absolute Gasteiger partial charge is 0.324 e. The van der Waals surface area contributed by atoms with Crippen LogP contribution in [-0.2, 0) is 6.54 Å². The lowest BCUT2D eigenvalue weighted by Crippen LogP contribution is -2.22. The smallest absolute Gasteiger partial charge is 0.305 e. The first-order valence-corrected chi connectivity index (χ1v) is 8.13. The summed E-state index contributed by atoms with van der Waals surface area (Å²) in [7, 11) is 0. The SMILES string of the molecule is CCCn1cc(NC(=O)Nc2ccnn2C(C)CC(C)C)cn1. The van der Waals surface area contributed by atoms with E-state index < -0.39 is 0 Å². The Bertz CT molecular complexity index is 630. The van der Waals surface area contributed by atoms with Crippen LogP contribution < -0.4 is 10.6 Å². The van der Waals surface area contributed by atoms with Crippen molar-refractivity contribution in [2.75, 3.05) is 10.6 Å². The molecular weight excluding hydrogens is 292 g/mol. The lowest BCUT2D eigenvalue weighted by atomic mass is 10.1. The number of carbonyl (C=O) groups is 1. The topological polar surface area (TPSA) is 76.8 Å². The van der Waals surface area contributed by atoms with Crippen LogP contribution in [0.25, 0.3) is 0 Å². The van der Waals surface area contributed by atoms with Crippen LogP contribution in [0.1, 0.15) is 46.6 Å². The predicted octanol–water partition coefficient (Wildman–Crippen LogP) is 3.74. The standard InChI is InChI=1S/C16H26N6O/c1-5-8-21-11-14(10-18-21)19-16(23)20-15-6-7-17-22(15)13(4)9-12(2)3/h6-7,10-13H,5,8-9H2,1-4H3,(H2,19,20,23). The van der Waals surface area contributed by atoms with Gasteiger partial charge in [-0.25, -0.2) is 9.48 Å². The monoisotopic (exact) mass is 318 g/mol. The molecule has 1 atom stereocenters. The Labute approximate surface area is 137 Å². The molecule has 0 aromatic carbocycles. The van der Waals surface area contributed by atoms with Crippen LogP contribution in [0.4, 0.5) is 16.3 Å². The lowest BCUT2D eigenvalue weighted by molar-refractivity contribution is 0.262. The molecular formula is C16H26N6O. The summed E-state index contributed by atoms with van der Waals surface area (Å²) in [6.45, 7) is 9.37. The molecule has 0 saturated heterocycles. The maximum Gasteiger partial charge on any atom is 0.324 e. The molecule has 7 nitrogen and oxygen atoms in total. The van der Waals surface area contributed by atoms with Gasteiger partial charge in [0.15, 0.2) is 0 Å². The molecule has 0 spiro atoms. The van der Waals surface area contributed by atoms with Crippen LogP contribution in [0.15, 0.2) is 24.7 Å². The van der Waals surface area contributed by atoms with Gasteiger partial charge in [-0.3, -0.25) is 10.00 Å². The number of amides is 2. The van der Waals surface area contributed by atoms with Crippen LogP contribution in [0.5, 0.6) is 0 Å². The second-order valence-electron chi connectivity index (χ2n) is 6.21. The van der Waals surface area contributed by atoms with Crippen LogP contribution >= 0.6 is 0 Å². The minimum Gasteiger partial charge on any atom is -0.305 e. The van der Waals surface area contributed by atoms with Crippen LogP contribution in [0.2, 0.25) is 0 Å². The quantitative estimate of drug-likeness (QED) is 0.816. The number of hydrogen-bond donors (Lipinski definition) is 2. The first-order valence-electron chi connectivity index (χ1n) is 8.13. The van der Waals surface area contributed by atoms with Gasteiger partial charge in [0.1, 0.15) is 5.82 Å². The first-order chi connectivity index (χ1) is 11.0. The Kier molecular flexibility index (Phi) is 5.78. The van der Waals surface area contributed by atoms with Gasteiger partial charge in [-0.1, -0.05) is 20.8 Å². The summed E-state index contributed by atoms with van der Waals surface area (Å²) >= 11 is 0. The zero-order chi connectivity index (χ0) is 16.8. The average molecular weight is 318 g/mol. The van der Waals surface area contributed by atoms with E-state index in [0.717, 1.165) is 19.4 Å². The maximum atomic E-state index is 12.1. The van der Waals surface area contributed by atoms with Crippen molar-refractivity contribution < 1.29 is 4.79 Å². The number of carbonyl (C=O) groups excluding carboxylic acids is 1. The van der Waals surface area contributed by atoms with Gasteiger partial charge in [-0.15, -0.1) is 0 Å². The van der Waals surface area contributed by atoms with Gasteiger partial charge >= 0.3 is 6.03 Å². The number of nitrogens with one attached hydrogen (secondary N) is 2. The number of hydrogen-bond acceptors (Lipinski definition) is 3. The van der Waals surface area contributed by atoms with E-state index in [4.69, 9.17) is 0 Å². The van der Waals surface area contributed by atoms with Crippen molar-refractivity contribution in [2.45, 2.75) is 53.1 Å². The van der Waals surface area contributed by atoms with E-state index in [1.165, 1.54) is 0 Å². The van der Waals surface area contributed by atoms with E-state index >= 15 is 0 Å². The second kappa shape index (κ2) is 7.80. The molecule has 0 radical (unpaired) electrons. The third-order valence-corrected chi connectivity index (χ3v) is 3.49. The normalized spacial score (nSPS) is 12.4. The molecule has 0 fully saturated rings. The van der Waals surface area contributed by atoms with Crippen LogP contribution in [-0.4, -0.2) is 25.6 Å². The summed E-state index contributed by atoms with van der Waals surface area (Å²) in [6.07, 6.45) is 7.17. The highest BCUT2D eigenvalue weighted by molar-refractivity contribution is 5.99. The minimum absolute atomic E-state index is 0.229. The molecule has 1 unspecified atom stereocenters. The fourth-order valence-electron chi connectivity index (χ4n) is 2.60. The number of aromatic nitrogens is 4. The molecule has 0 aliphatic heterocycles. The molecule has 2 heterocycles. The maximum absolute atomic E-state index is 12.1. The highest BCUT2D eigenvalue weighted by Gasteiger charge is 2.14. The summed E-state index contributed by atoms with van der Waals surface area (Å²) < 4.78 is 3.66. The highest BCUT2D eigenvalue weighted by Crippen LogP contribution is 2.20. The van der Waals surface area contributed by atoms with Crippen molar-refractivity contribution in [3.05, 3.63) is 24.7 Å². The molecule has 2 aromatic rings. The van der Waals surface area contributed by atoms with Gasteiger partial charge in [-0.2, -0.15) is 10.2 Å². The third-order valence-electron chi connectivity index (χ3n) is 3.49. The van der Waals surface area contributed by atoms with Gasteiger partial charge in [0.2, 0.25) is 0 Å². The Hall–Kier alpha value is -2.31. The van der Waals surface area contributed by atoms with Crippen molar-refractivity contribution in [1.29, 1.82) is 0 Å². The van der Waals surface area contributed by atoms with Gasteiger partial charge in [0.05, 0.1) is 24.1 Å². The van der Waals surface area contributed by atoms with Crippen LogP contribution in [0.3, 0.4) is 0 Å². The fourth-order valence-corrected chi connectivity index (χ4v) is 2.60. The molecule has 0 saturated carbocycles. The molecule has 126 valence electrons. The Morgan fingerprint density at radius 2 is 2.04 bits per heavy atom. The van der Waals surface area contributed by atoms with Crippen molar-refractivity contribution in [1.82, 2.24) is 19.6 Å². The summed E-state index contributed by atoms with van der Waals surface area (Å²) in [4.78, 5) is 12.1. The Morgan fingerprint density at radius 1 is 1.26 bits per heavy atom. The van der Waals surface area contributed by atoms with Gasteiger partial charge in [0, 0.05) is 18.8 Å². The summed E-state index contributed by atoms with van der Waals surface area (Å²) in [5.41, 5.74) is 0.678. The number of urea groups is 1. The molecule has 2 amide bonds. The molecule has 2 N–H and O–H groups in total. The number of nitrogens with zero attached hydrogens (tertiary/aromatic N) is 4. The molecule has 0 bridgehead atoms. The zero-order valence-electron chi connectivity index (χ0n) is 14.3. The van der Waals surface area contributed by atoms with Crippen LogP contribution in [0, 0.1) is 5.92 Å². The summed E-state index contributed by atoms with van der Waals surface area (Å²) in [6, 6.07) is 1.74. The molecule has 23 heavy (non-hydrogen) atoms. The summed E-state index contributed by atoms with van der Waals surface area (Å²) in [5.74, 6) is 1.26. The Morgan fingerprint density at radius 3 is 2.74 bits per heavy atom. The van der Waals surface area contributed by atoms with E-state index in [0.29, 0.717) is 17.4 Å². The van der Waals surface area contributed by atoms with Crippen molar-refractivity contribution >= 4 is 17.5 Å². The zero-order valence-corrected chi connectivity index (χ0v) is 14.3. The lowest BCUT2D eigenvalue weighted by Gasteiger charge is -2.17. The van der Waals surface area contributed by atoms with Gasteiger partial charge in [-0.05, 0) is 25.7 Å². The van der Waals surface area contributed by atoms with E-state index in [1.807, 2.05) is 15.6 Å². The average Bonchev–Trinajstić information content (AvgIpc) is 3.08. The number of rotatable bonds is 7. The van der Waals surface area contributed by atoms with E-state index in [-0.39, 0.29) is 12.1 Å². The number of anilines is 2. The van der Waals surface area contributed by atoms with Gasteiger partial charge < -0.3 is 5.32 Å². The molecule has 0 aliphatic rings. The minimum atomic E-state index is -0.292. The predicted molar refractivity (Wildman–Crippen MR) is 91.6 cm³/mol. The van der Waals surface area contributed by atoms with E-state index in [2.05, 4.69) is 48.5 Å². The fraction of sp³-hybridized carbons (Fsp3) is 0.562. The Balaban J connectivity index is 1.96.